The molecule has 0 radical (unpaired) electrons. The summed E-state index contributed by atoms with van der Waals surface area (Å²) in [7, 11) is 1.58. The van der Waals surface area contributed by atoms with E-state index in [0.717, 1.165) is 42.6 Å². The molecule has 7 heteroatoms. The first-order valence-electron chi connectivity index (χ1n) is 10.9. The summed E-state index contributed by atoms with van der Waals surface area (Å²) in [5, 5.41) is 12.8. The Kier molecular flexibility index (Phi) is 6.53. The molecule has 168 valence electrons. The van der Waals surface area contributed by atoms with E-state index in [-0.39, 0.29) is 24.3 Å². The standard InChI is InChI=1S/C25H27ClN2O4/c1-16-21(15-24(29)28(31)19-6-4-3-5-7-19)22-14-20(32-2)12-13-23(22)27(16)25(30)17-8-10-18(26)11-9-17/h8-14,19,31H,3-7,15H2,1-2H3. The Balaban J connectivity index is 1.74. The topological polar surface area (TPSA) is 71.8 Å². The molecule has 1 amide bonds. The molecule has 0 aliphatic heterocycles. The summed E-state index contributed by atoms with van der Waals surface area (Å²) in [6.07, 6.45) is 4.79. The molecule has 1 fully saturated rings. The van der Waals surface area contributed by atoms with Crippen LogP contribution in [0.2, 0.25) is 5.02 Å². The molecular formula is C25H27ClN2O4. The molecule has 1 heterocycles. The van der Waals surface area contributed by atoms with Crippen molar-refractivity contribution in [2.24, 2.45) is 0 Å². The number of carbonyl (C=O) groups is 2. The van der Waals surface area contributed by atoms with Crippen LogP contribution in [0.25, 0.3) is 10.9 Å². The van der Waals surface area contributed by atoms with Crippen LogP contribution in [0.1, 0.15) is 53.7 Å². The van der Waals surface area contributed by atoms with Gasteiger partial charge in [-0.3, -0.25) is 19.4 Å². The highest BCUT2D eigenvalue weighted by Gasteiger charge is 2.27. The van der Waals surface area contributed by atoms with Crippen molar-refractivity contribution in [3.8, 4) is 5.75 Å². The summed E-state index contributed by atoms with van der Waals surface area (Å²) >= 11 is 5.98. The lowest BCUT2D eigenvalue weighted by atomic mass is 9.95. The van der Waals surface area contributed by atoms with Crippen LogP contribution in [-0.2, 0) is 11.2 Å². The zero-order valence-electron chi connectivity index (χ0n) is 18.3. The average Bonchev–Trinajstić information content (AvgIpc) is 3.09. The molecule has 32 heavy (non-hydrogen) atoms. The maximum absolute atomic E-state index is 13.4. The Morgan fingerprint density at radius 2 is 1.81 bits per heavy atom. The van der Waals surface area contributed by atoms with Gasteiger partial charge in [0.25, 0.3) is 11.8 Å². The number of carbonyl (C=O) groups excluding carboxylic acids is 2. The summed E-state index contributed by atoms with van der Waals surface area (Å²) in [6.45, 7) is 1.82. The molecular weight excluding hydrogens is 428 g/mol. The lowest BCUT2D eigenvalue weighted by molar-refractivity contribution is -0.177. The van der Waals surface area contributed by atoms with E-state index in [9.17, 15) is 14.8 Å². The molecule has 3 aromatic rings. The number of fused-ring (bicyclic) bond motifs is 1. The van der Waals surface area contributed by atoms with E-state index in [1.807, 2.05) is 19.1 Å². The first kappa shape index (κ1) is 22.4. The van der Waals surface area contributed by atoms with Crippen LogP contribution >= 0.6 is 11.6 Å². The lowest BCUT2D eigenvalue weighted by Gasteiger charge is -2.29. The summed E-state index contributed by atoms with van der Waals surface area (Å²) < 4.78 is 6.99. The van der Waals surface area contributed by atoms with Gasteiger partial charge < -0.3 is 4.74 Å². The van der Waals surface area contributed by atoms with Gasteiger partial charge in [0.1, 0.15) is 5.75 Å². The van der Waals surface area contributed by atoms with Gasteiger partial charge in [-0.15, -0.1) is 0 Å². The third-order valence-corrected chi connectivity index (χ3v) is 6.59. The fourth-order valence-electron chi connectivity index (χ4n) is 4.56. The van der Waals surface area contributed by atoms with Crippen LogP contribution in [0, 0.1) is 6.92 Å². The second-order valence-corrected chi connectivity index (χ2v) is 8.74. The minimum atomic E-state index is -0.360. The molecule has 1 aliphatic carbocycles. The van der Waals surface area contributed by atoms with Crippen molar-refractivity contribution in [1.82, 2.24) is 9.63 Å². The largest absolute Gasteiger partial charge is 0.497 e. The lowest BCUT2D eigenvalue weighted by Crippen LogP contribution is -2.39. The Bertz CT molecular complexity index is 1150. The van der Waals surface area contributed by atoms with Crippen molar-refractivity contribution in [2.45, 2.75) is 51.5 Å². The Morgan fingerprint density at radius 3 is 2.47 bits per heavy atom. The van der Waals surface area contributed by atoms with Gasteiger partial charge in [0.15, 0.2) is 0 Å². The van der Waals surface area contributed by atoms with E-state index < -0.39 is 0 Å². The molecule has 4 rings (SSSR count). The minimum Gasteiger partial charge on any atom is -0.497 e. The number of aromatic nitrogens is 1. The summed E-state index contributed by atoms with van der Waals surface area (Å²) in [5.74, 6) is 0.0670. The van der Waals surface area contributed by atoms with Gasteiger partial charge in [-0.2, -0.15) is 0 Å². The number of hydrogen-bond donors (Lipinski definition) is 1. The number of benzene rings is 2. The number of halogens is 1. The Labute approximate surface area is 192 Å². The van der Waals surface area contributed by atoms with E-state index >= 15 is 0 Å². The van der Waals surface area contributed by atoms with E-state index in [0.29, 0.717) is 33.1 Å². The molecule has 6 nitrogen and oxygen atoms in total. The average molecular weight is 455 g/mol. The quantitative estimate of drug-likeness (QED) is 0.414. The van der Waals surface area contributed by atoms with Crippen molar-refractivity contribution < 1.29 is 19.5 Å². The predicted octanol–water partition coefficient (Wildman–Crippen LogP) is 5.39. The Hall–Kier alpha value is -2.83. The van der Waals surface area contributed by atoms with Crippen LogP contribution in [0.4, 0.5) is 0 Å². The van der Waals surface area contributed by atoms with Gasteiger partial charge in [0.2, 0.25) is 0 Å². The van der Waals surface area contributed by atoms with Crippen LogP contribution in [0.3, 0.4) is 0 Å². The van der Waals surface area contributed by atoms with Gasteiger partial charge in [-0.25, -0.2) is 5.06 Å². The monoisotopic (exact) mass is 454 g/mol. The normalized spacial score (nSPS) is 14.5. The molecule has 0 atom stereocenters. The molecule has 1 aliphatic rings. The van der Waals surface area contributed by atoms with Gasteiger partial charge in [0.05, 0.1) is 25.1 Å². The molecule has 2 aromatic carbocycles. The molecule has 1 aromatic heterocycles. The molecule has 0 bridgehead atoms. The van der Waals surface area contributed by atoms with Crippen molar-refractivity contribution in [1.29, 1.82) is 0 Å². The van der Waals surface area contributed by atoms with Gasteiger partial charge in [0, 0.05) is 21.7 Å². The van der Waals surface area contributed by atoms with Crippen molar-refractivity contribution in [3.63, 3.8) is 0 Å². The van der Waals surface area contributed by atoms with Crippen molar-refractivity contribution in [2.75, 3.05) is 7.11 Å². The highest BCUT2D eigenvalue weighted by atomic mass is 35.5. The fourth-order valence-corrected chi connectivity index (χ4v) is 4.68. The molecule has 0 spiro atoms. The third-order valence-electron chi connectivity index (χ3n) is 6.34. The summed E-state index contributed by atoms with van der Waals surface area (Å²) in [5.41, 5.74) is 2.56. The first-order valence-corrected chi connectivity index (χ1v) is 11.3. The van der Waals surface area contributed by atoms with Crippen molar-refractivity contribution in [3.05, 3.63) is 64.3 Å². The zero-order chi connectivity index (χ0) is 22.8. The fraction of sp³-hybridized carbons (Fsp3) is 0.360. The molecule has 0 unspecified atom stereocenters. The highest BCUT2D eigenvalue weighted by molar-refractivity contribution is 6.30. The number of amides is 1. The summed E-state index contributed by atoms with van der Waals surface area (Å²) in [6, 6.07) is 12.0. The van der Waals surface area contributed by atoms with Crippen LogP contribution in [0.15, 0.2) is 42.5 Å². The van der Waals surface area contributed by atoms with Crippen LogP contribution in [0.5, 0.6) is 5.75 Å². The van der Waals surface area contributed by atoms with E-state index in [2.05, 4.69) is 0 Å². The zero-order valence-corrected chi connectivity index (χ0v) is 19.1. The molecule has 0 saturated heterocycles. The predicted molar refractivity (Wildman–Crippen MR) is 124 cm³/mol. The second-order valence-electron chi connectivity index (χ2n) is 8.30. The number of methoxy groups -OCH3 is 1. The first-order chi connectivity index (χ1) is 15.4. The van der Waals surface area contributed by atoms with Gasteiger partial charge >= 0.3 is 0 Å². The second kappa shape index (κ2) is 9.35. The van der Waals surface area contributed by atoms with Crippen molar-refractivity contribution >= 4 is 34.3 Å². The SMILES string of the molecule is COc1ccc2c(c1)c(CC(=O)N(O)C1CCCCC1)c(C)n2C(=O)c1ccc(Cl)cc1. The maximum atomic E-state index is 13.4. The number of rotatable bonds is 5. The maximum Gasteiger partial charge on any atom is 0.262 e. The highest BCUT2D eigenvalue weighted by Crippen LogP contribution is 2.31. The van der Waals surface area contributed by atoms with Gasteiger partial charge in [-0.05, 0) is 67.8 Å². The molecule has 1 N–H and O–H groups in total. The number of nitrogens with zero attached hydrogens (tertiary/aromatic N) is 2. The Morgan fingerprint density at radius 1 is 1.12 bits per heavy atom. The summed E-state index contributed by atoms with van der Waals surface area (Å²) in [4.78, 5) is 26.4. The van der Waals surface area contributed by atoms with Crippen LogP contribution < -0.4 is 4.74 Å². The van der Waals surface area contributed by atoms with E-state index in [1.54, 1.807) is 42.0 Å². The number of ether oxygens (including phenoxy) is 1. The molecule has 1 saturated carbocycles. The minimum absolute atomic E-state index is 0.00337. The number of hydroxylamine groups is 2. The smallest absolute Gasteiger partial charge is 0.262 e. The third kappa shape index (κ3) is 4.25. The van der Waals surface area contributed by atoms with E-state index in [4.69, 9.17) is 16.3 Å². The number of hydrogen-bond acceptors (Lipinski definition) is 4. The van der Waals surface area contributed by atoms with Gasteiger partial charge in [-0.1, -0.05) is 30.9 Å². The van der Waals surface area contributed by atoms with Crippen LogP contribution in [-0.4, -0.2) is 39.8 Å². The van der Waals surface area contributed by atoms with E-state index in [1.165, 1.54) is 0 Å².